The first-order valence-electron chi connectivity index (χ1n) is 1.99. The summed E-state index contributed by atoms with van der Waals surface area (Å²) < 4.78 is 0. The van der Waals surface area contributed by atoms with E-state index in [1.54, 1.807) is 5.51 Å². The van der Waals surface area contributed by atoms with E-state index < -0.39 is 5.91 Å². The fraction of sp³-hybridized carbons (Fsp3) is 0. The molecule has 0 aromatic carbocycles. The molecular weight excluding hydrogens is 147 g/mol. The fourth-order valence-corrected chi connectivity index (χ4v) is 0.811. The number of rotatable bonds is 1. The van der Waals surface area contributed by atoms with Crippen LogP contribution in [0.3, 0.4) is 0 Å². The molecule has 0 aliphatic carbocycles. The monoisotopic (exact) mass is 152 g/mol. The van der Waals surface area contributed by atoms with Crippen LogP contribution in [0.25, 0.3) is 0 Å². The molecule has 0 bridgehead atoms. The second kappa shape index (κ2) is 4.00. The third kappa shape index (κ3) is 2.45. The zero-order valence-electron chi connectivity index (χ0n) is 4.00. The van der Waals surface area contributed by atoms with Crippen molar-refractivity contribution < 1.29 is 4.79 Å². The van der Waals surface area contributed by atoms with E-state index in [9.17, 15) is 4.79 Å². The minimum atomic E-state index is -0.410. The van der Waals surface area contributed by atoms with E-state index in [-0.39, 0.29) is 29.6 Å². The Kier molecular flexibility index (Phi) is 4.05. The number of primary amides is 1. The fourth-order valence-electron chi connectivity index (χ4n) is 0.337. The van der Waals surface area contributed by atoms with Crippen LogP contribution < -0.4 is 5.73 Å². The second-order valence-corrected chi connectivity index (χ2v) is 2.12. The Morgan fingerprint density at radius 2 is 2.44 bits per heavy atom. The van der Waals surface area contributed by atoms with Gasteiger partial charge in [0.1, 0.15) is 4.88 Å². The van der Waals surface area contributed by atoms with Gasteiger partial charge in [-0.1, -0.05) is 0 Å². The molecule has 1 rings (SSSR count). The summed E-state index contributed by atoms with van der Waals surface area (Å²) in [5.74, 6) is -0.410. The Hall–Kier alpha value is 0.1000. The summed E-state index contributed by atoms with van der Waals surface area (Å²) in [5.41, 5.74) is 6.46. The van der Waals surface area contributed by atoms with Crippen molar-refractivity contribution in [2.75, 3.05) is 0 Å². The number of nitrogens with zero attached hydrogens (tertiary/aromatic N) is 1. The number of amides is 1. The molecule has 0 radical (unpaired) electrons. The normalized spacial score (nSPS) is 8.00. The van der Waals surface area contributed by atoms with Crippen LogP contribution in [0.2, 0.25) is 0 Å². The van der Waals surface area contributed by atoms with Crippen molar-refractivity contribution in [3.63, 3.8) is 0 Å². The van der Waals surface area contributed by atoms with Crippen LogP contribution in [0.4, 0.5) is 0 Å². The first kappa shape index (κ1) is 9.10. The van der Waals surface area contributed by atoms with Crippen molar-refractivity contribution in [3.05, 3.63) is 16.6 Å². The van der Waals surface area contributed by atoms with Gasteiger partial charge in [0.05, 0.1) is 11.7 Å². The Morgan fingerprint density at radius 1 is 1.78 bits per heavy atom. The van der Waals surface area contributed by atoms with Crippen LogP contribution in [0.1, 0.15) is 9.67 Å². The van der Waals surface area contributed by atoms with Crippen molar-refractivity contribution in [3.8, 4) is 0 Å². The molecular formula is C4H5N2NaOS. The molecule has 3 nitrogen and oxygen atoms in total. The molecule has 0 aliphatic rings. The number of hydrogen-bond acceptors (Lipinski definition) is 3. The van der Waals surface area contributed by atoms with Crippen LogP contribution >= 0.6 is 11.3 Å². The summed E-state index contributed by atoms with van der Waals surface area (Å²) >= 11 is 1.25. The van der Waals surface area contributed by atoms with Gasteiger partial charge in [0.2, 0.25) is 0 Å². The van der Waals surface area contributed by atoms with Crippen molar-refractivity contribution in [1.29, 1.82) is 0 Å². The SMILES string of the molecule is NC(=O)c1cncs1.[NaH]. The van der Waals surface area contributed by atoms with Crippen molar-refractivity contribution in [2.24, 2.45) is 5.73 Å². The average Bonchev–Trinajstić information content (AvgIpc) is 2.12. The first-order valence-corrected chi connectivity index (χ1v) is 2.87. The van der Waals surface area contributed by atoms with Gasteiger partial charge in [0.25, 0.3) is 5.91 Å². The third-order valence-electron chi connectivity index (χ3n) is 0.675. The molecule has 2 N–H and O–H groups in total. The molecule has 0 aliphatic heterocycles. The molecule has 44 valence electrons. The molecule has 0 unspecified atom stereocenters. The number of hydrogen-bond donors (Lipinski definition) is 1. The molecule has 1 amide bonds. The van der Waals surface area contributed by atoms with E-state index >= 15 is 0 Å². The van der Waals surface area contributed by atoms with Crippen LogP contribution in [0.15, 0.2) is 11.7 Å². The van der Waals surface area contributed by atoms with Gasteiger partial charge in [-0.15, -0.1) is 11.3 Å². The predicted molar refractivity (Wildman–Crippen MR) is 37.8 cm³/mol. The van der Waals surface area contributed by atoms with Crippen LogP contribution in [-0.2, 0) is 0 Å². The molecule has 1 heterocycles. The zero-order chi connectivity index (χ0) is 5.98. The average molecular weight is 152 g/mol. The van der Waals surface area contributed by atoms with E-state index in [1.165, 1.54) is 17.5 Å². The van der Waals surface area contributed by atoms with Gasteiger partial charge in [0, 0.05) is 0 Å². The van der Waals surface area contributed by atoms with E-state index in [4.69, 9.17) is 5.73 Å². The van der Waals surface area contributed by atoms with E-state index in [0.717, 1.165) is 0 Å². The Morgan fingerprint density at radius 3 is 2.67 bits per heavy atom. The Bertz CT molecular complexity index is 186. The number of carbonyl (C=O) groups excluding carboxylic acids is 1. The molecule has 0 fully saturated rings. The predicted octanol–water partition coefficient (Wildman–Crippen LogP) is -0.406. The molecule has 0 spiro atoms. The minimum absolute atomic E-state index is 0. The maximum absolute atomic E-state index is 10.3. The summed E-state index contributed by atoms with van der Waals surface area (Å²) in [6.45, 7) is 0. The molecule has 5 heteroatoms. The standard InChI is InChI=1S/C4H4N2OS.Na.H/c5-4(7)3-1-6-2-8-3;;/h1-2H,(H2,5,7);;. The number of thiazole rings is 1. The van der Waals surface area contributed by atoms with Crippen molar-refractivity contribution >= 4 is 46.8 Å². The summed E-state index contributed by atoms with van der Waals surface area (Å²) in [4.78, 5) is 14.4. The Balaban J connectivity index is 0.000000640. The van der Waals surface area contributed by atoms with Gasteiger partial charge in [-0.3, -0.25) is 9.78 Å². The Labute approximate surface area is 78.6 Å². The summed E-state index contributed by atoms with van der Waals surface area (Å²) in [6, 6.07) is 0. The summed E-state index contributed by atoms with van der Waals surface area (Å²) in [6.07, 6.45) is 1.45. The maximum atomic E-state index is 10.3. The third-order valence-corrected chi connectivity index (χ3v) is 1.46. The van der Waals surface area contributed by atoms with Gasteiger partial charge in [-0.05, 0) is 0 Å². The zero-order valence-corrected chi connectivity index (χ0v) is 4.81. The van der Waals surface area contributed by atoms with E-state index in [0.29, 0.717) is 4.88 Å². The molecule has 9 heavy (non-hydrogen) atoms. The molecule has 0 saturated carbocycles. The van der Waals surface area contributed by atoms with Gasteiger partial charge in [-0.25, -0.2) is 0 Å². The molecule has 1 aromatic heterocycles. The van der Waals surface area contributed by atoms with Gasteiger partial charge in [-0.2, -0.15) is 0 Å². The molecule has 0 saturated heterocycles. The number of nitrogens with two attached hydrogens (primary N) is 1. The number of aromatic nitrogens is 1. The van der Waals surface area contributed by atoms with Crippen molar-refractivity contribution in [1.82, 2.24) is 4.98 Å². The quantitative estimate of drug-likeness (QED) is 0.556. The number of carbonyl (C=O) groups is 1. The van der Waals surface area contributed by atoms with Crippen LogP contribution in [-0.4, -0.2) is 40.4 Å². The van der Waals surface area contributed by atoms with Gasteiger partial charge in [0.15, 0.2) is 0 Å². The van der Waals surface area contributed by atoms with E-state index in [2.05, 4.69) is 4.98 Å². The second-order valence-electron chi connectivity index (χ2n) is 1.23. The topological polar surface area (TPSA) is 56.0 Å². The van der Waals surface area contributed by atoms with Crippen molar-refractivity contribution in [2.45, 2.75) is 0 Å². The first-order chi connectivity index (χ1) is 3.80. The summed E-state index contributed by atoms with van der Waals surface area (Å²) in [5, 5.41) is 0. The van der Waals surface area contributed by atoms with E-state index in [1.807, 2.05) is 0 Å². The van der Waals surface area contributed by atoms with Crippen LogP contribution in [0.5, 0.6) is 0 Å². The molecule has 0 atom stereocenters. The molecule has 1 aromatic rings. The van der Waals surface area contributed by atoms with Gasteiger partial charge < -0.3 is 5.73 Å². The van der Waals surface area contributed by atoms with Crippen LogP contribution in [0, 0.1) is 0 Å². The van der Waals surface area contributed by atoms with Gasteiger partial charge >= 0.3 is 29.6 Å². The summed E-state index contributed by atoms with van der Waals surface area (Å²) in [7, 11) is 0.